The minimum Gasteiger partial charge on any atom is -0.294 e. The fraction of sp³-hybridized carbons (Fsp3) is 0.188. The van der Waals surface area contributed by atoms with E-state index >= 15 is 0 Å². The third-order valence-electron chi connectivity index (χ3n) is 3.13. The first kappa shape index (κ1) is 15.6. The molecule has 2 aromatic carbocycles. The normalized spacial score (nSPS) is 13.0. The zero-order chi connectivity index (χ0) is 15.5. The summed E-state index contributed by atoms with van der Waals surface area (Å²) in [4.78, 5) is 12.0. The van der Waals surface area contributed by atoms with Gasteiger partial charge in [0, 0.05) is 17.0 Å². The van der Waals surface area contributed by atoms with Gasteiger partial charge in [0.05, 0.1) is 5.92 Å². The van der Waals surface area contributed by atoms with Crippen LogP contribution in [-0.4, -0.2) is 12.0 Å². The molecule has 2 rings (SSSR count). The molecule has 0 aliphatic rings. The molecule has 0 bridgehead atoms. The molecule has 0 saturated heterocycles. The van der Waals surface area contributed by atoms with Gasteiger partial charge in [-0.05, 0) is 17.7 Å². The van der Waals surface area contributed by atoms with Crippen molar-refractivity contribution < 1.29 is 18.0 Å². The van der Waals surface area contributed by atoms with E-state index in [1.54, 1.807) is 18.2 Å². The number of alkyl halides is 3. The molecule has 21 heavy (non-hydrogen) atoms. The highest BCUT2D eigenvalue weighted by Gasteiger charge is 2.42. The summed E-state index contributed by atoms with van der Waals surface area (Å²) in [6.07, 6.45) is -5.14. The second kappa shape index (κ2) is 6.31. The van der Waals surface area contributed by atoms with Crippen molar-refractivity contribution in [2.24, 2.45) is 0 Å². The first-order valence-electron chi connectivity index (χ1n) is 6.28. The minimum atomic E-state index is -4.50. The molecule has 2 aromatic rings. The summed E-state index contributed by atoms with van der Waals surface area (Å²) in [5, 5.41) is 0.217. The van der Waals surface area contributed by atoms with Crippen molar-refractivity contribution in [3.8, 4) is 0 Å². The summed E-state index contributed by atoms with van der Waals surface area (Å²) in [5.74, 6) is -2.40. The molecule has 0 aromatic heterocycles. The molecule has 0 heterocycles. The van der Waals surface area contributed by atoms with E-state index in [9.17, 15) is 18.0 Å². The lowest BCUT2D eigenvalue weighted by atomic mass is 9.91. The number of hydrogen-bond donors (Lipinski definition) is 0. The number of carbonyl (C=O) groups is 1. The Bertz CT molecular complexity index is 623. The van der Waals surface area contributed by atoms with E-state index in [0.717, 1.165) is 0 Å². The first-order valence-corrected chi connectivity index (χ1v) is 6.66. The lowest BCUT2D eigenvalue weighted by Crippen LogP contribution is -2.23. The van der Waals surface area contributed by atoms with Crippen molar-refractivity contribution in [3.05, 3.63) is 70.7 Å². The van der Waals surface area contributed by atoms with Crippen molar-refractivity contribution in [1.82, 2.24) is 0 Å². The van der Waals surface area contributed by atoms with Crippen LogP contribution in [-0.2, 0) is 0 Å². The third kappa shape index (κ3) is 4.08. The lowest BCUT2D eigenvalue weighted by Gasteiger charge is -2.20. The summed E-state index contributed by atoms with van der Waals surface area (Å²) in [7, 11) is 0. The van der Waals surface area contributed by atoms with Crippen LogP contribution in [0, 0.1) is 0 Å². The fourth-order valence-corrected chi connectivity index (χ4v) is 2.27. The van der Waals surface area contributed by atoms with Gasteiger partial charge >= 0.3 is 6.18 Å². The zero-order valence-electron chi connectivity index (χ0n) is 10.9. The smallest absolute Gasteiger partial charge is 0.294 e. The molecule has 110 valence electrons. The number of ketones is 1. The first-order chi connectivity index (χ1) is 9.88. The molecule has 0 fully saturated rings. The van der Waals surface area contributed by atoms with Gasteiger partial charge in [0.2, 0.25) is 0 Å². The van der Waals surface area contributed by atoms with Gasteiger partial charge in [0.1, 0.15) is 0 Å². The van der Waals surface area contributed by atoms with Crippen molar-refractivity contribution in [2.75, 3.05) is 0 Å². The molecule has 0 unspecified atom stereocenters. The summed E-state index contributed by atoms with van der Waals surface area (Å²) in [6.45, 7) is 0. The Morgan fingerprint density at radius 2 is 1.71 bits per heavy atom. The van der Waals surface area contributed by atoms with Crippen LogP contribution in [0.3, 0.4) is 0 Å². The summed E-state index contributed by atoms with van der Waals surface area (Å²) < 4.78 is 39.7. The number of rotatable bonds is 4. The van der Waals surface area contributed by atoms with E-state index in [0.29, 0.717) is 0 Å². The molecule has 1 nitrogen and oxygen atoms in total. The molecule has 5 heteroatoms. The van der Waals surface area contributed by atoms with Crippen molar-refractivity contribution in [1.29, 1.82) is 0 Å². The van der Waals surface area contributed by atoms with Crippen LogP contribution in [0.1, 0.15) is 28.3 Å². The van der Waals surface area contributed by atoms with Gasteiger partial charge in [-0.25, -0.2) is 0 Å². The maximum atomic E-state index is 13.2. The van der Waals surface area contributed by atoms with E-state index in [1.807, 2.05) is 0 Å². The van der Waals surface area contributed by atoms with Crippen molar-refractivity contribution in [3.63, 3.8) is 0 Å². The van der Waals surface area contributed by atoms with Crippen LogP contribution in [0.15, 0.2) is 54.6 Å². The summed E-state index contributed by atoms with van der Waals surface area (Å²) in [5.41, 5.74) is 0.271. The average molecular weight is 313 g/mol. The molecular formula is C16H12ClF3O. The predicted molar refractivity (Wildman–Crippen MR) is 75.6 cm³/mol. The molecule has 0 radical (unpaired) electrons. The van der Waals surface area contributed by atoms with Crippen LogP contribution in [0.2, 0.25) is 5.02 Å². The molecule has 0 spiro atoms. The molecule has 0 N–H and O–H groups in total. The lowest BCUT2D eigenvalue weighted by molar-refractivity contribution is -0.149. The summed E-state index contributed by atoms with van der Waals surface area (Å²) >= 11 is 5.74. The maximum absolute atomic E-state index is 13.2. The summed E-state index contributed by atoms with van der Waals surface area (Å²) in [6, 6.07) is 13.5. The van der Waals surface area contributed by atoms with E-state index in [2.05, 4.69) is 0 Å². The number of halogens is 4. The van der Waals surface area contributed by atoms with Crippen LogP contribution in [0.5, 0.6) is 0 Å². The van der Waals surface area contributed by atoms with Crippen LogP contribution in [0.4, 0.5) is 13.2 Å². The second-order valence-electron chi connectivity index (χ2n) is 4.64. The predicted octanol–water partition coefficient (Wildman–Crippen LogP) is 5.26. The van der Waals surface area contributed by atoms with Gasteiger partial charge in [0.15, 0.2) is 5.78 Å². The van der Waals surface area contributed by atoms with Gasteiger partial charge in [-0.2, -0.15) is 13.2 Å². The molecule has 1 atom stereocenters. The van der Waals surface area contributed by atoms with Gasteiger partial charge in [0.25, 0.3) is 0 Å². The van der Waals surface area contributed by atoms with Gasteiger partial charge in [-0.3, -0.25) is 4.79 Å². The molecule has 0 saturated carbocycles. The number of benzene rings is 2. The van der Waals surface area contributed by atoms with Gasteiger partial charge in [-0.15, -0.1) is 0 Å². The molecule has 0 amide bonds. The third-order valence-corrected chi connectivity index (χ3v) is 3.37. The second-order valence-corrected chi connectivity index (χ2v) is 5.08. The van der Waals surface area contributed by atoms with Crippen molar-refractivity contribution in [2.45, 2.75) is 18.5 Å². The SMILES string of the molecule is O=C(C[C@H](c1cccc(Cl)c1)C(F)(F)F)c1ccccc1. The Kier molecular flexibility index (Phi) is 4.68. The number of carbonyl (C=O) groups excluding carboxylic acids is 1. The zero-order valence-corrected chi connectivity index (χ0v) is 11.7. The van der Waals surface area contributed by atoms with E-state index < -0.39 is 24.3 Å². The Labute approximate surface area is 125 Å². The van der Waals surface area contributed by atoms with Crippen LogP contribution in [0.25, 0.3) is 0 Å². The monoisotopic (exact) mass is 312 g/mol. The van der Waals surface area contributed by atoms with Crippen molar-refractivity contribution >= 4 is 17.4 Å². The molecule has 0 aliphatic heterocycles. The largest absolute Gasteiger partial charge is 0.396 e. The number of Topliss-reactive ketones (excluding diaryl/α,β-unsaturated/α-hetero) is 1. The van der Waals surface area contributed by atoms with E-state index in [4.69, 9.17) is 11.6 Å². The fourth-order valence-electron chi connectivity index (χ4n) is 2.07. The standard InChI is InChI=1S/C16H12ClF3O/c17-13-8-4-7-12(9-13)14(16(18,19)20)10-15(21)11-5-2-1-3-6-11/h1-9,14H,10H2/t14-/m1/s1. The number of hydrogen-bond acceptors (Lipinski definition) is 1. The Balaban J connectivity index is 2.28. The van der Waals surface area contributed by atoms with Gasteiger partial charge in [-0.1, -0.05) is 54.1 Å². The highest BCUT2D eigenvalue weighted by molar-refractivity contribution is 6.30. The highest BCUT2D eigenvalue weighted by Crippen LogP contribution is 2.38. The molecule has 0 aliphatic carbocycles. The maximum Gasteiger partial charge on any atom is 0.396 e. The quantitative estimate of drug-likeness (QED) is 0.704. The van der Waals surface area contributed by atoms with E-state index in [-0.39, 0.29) is 16.1 Å². The average Bonchev–Trinajstić information content (AvgIpc) is 2.44. The minimum absolute atomic E-state index is 0.000666. The Morgan fingerprint density at radius 1 is 1.05 bits per heavy atom. The van der Waals surface area contributed by atoms with E-state index in [1.165, 1.54) is 36.4 Å². The van der Waals surface area contributed by atoms with Crippen LogP contribution < -0.4 is 0 Å². The Hall–Kier alpha value is -1.81. The Morgan fingerprint density at radius 3 is 2.29 bits per heavy atom. The molecular weight excluding hydrogens is 301 g/mol. The topological polar surface area (TPSA) is 17.1 Å². The highest BCUT2D eigenvalue weighted by atomic mass is 35.5. The van der Waals surface area contributed by atoms with Gasteiger partial charge < -0.3 is 0 Å². The van der Waals surface area contributed by atoms with Crippen LogP contribution >= 0.6 is 11.6 Å².